The highest BCUT2D eigenvalue weighted by molar-refractivity contribution is 5.76. The summed E-state index contributed by atoms with van der Waals surface area (Å²) in [5.41, 5.74) is 7.94. The molecule has 4 heteroatoms. The summed E-state index contributed by atoms with van der Waals surface area (Å²) in [6.07, 6.45) is 3.16. The molecule has 4 nitrogen and oxygen atoms in total. The molecule has 3 N–H and O–H groups in total. The zero-order chi connectivity index (χ0) is 13.8. The van der Waals surface area contributed by atoms with Gasteiger partial charge in [-0.2, -0.15) is 0 Å². The standard InChI is InChI=1S/C15H23N3O/c1-11-3-6-14(19-2)12(9-11)10-18(13-4-5-13)8-7-15(16)17/h3,6,9,13H,4-5,7-8,10H2,1-2H3,(H3,16,17). The van der Waals surface area contributed by atoms with Crippen LogP contribution in [0.1, 0.15) is 30.4 Å². The maximum absolute atomic E-state index is 7.37. The van der Waals surface area contributed by atoms with Gasteiger partial charge in [-0.1, -0.05) is 17.7 Å². The lowest BCUT2D eigenvalue weighted by Gasteiger charge is -2.23. The molecule has 0 spiro atoms. The van der Waals surface area contributed by atoms with Crippen LogP contribution in [0.15, 0.2) is 18.2 Å². The molecule has 1 fully saturated rings. The van der Waals surface area contributed by atoms with Crippen molar-refractivity contribution in [3.8, 4) is 5.75 Å². The first-order valence-electron chi connectivity index (χ1n) is 6.80. The van der Waals surface area contributed by atoms with Crippen molar-refractivity contribution in [1.82, 2.24) is 4.90 Å². The van der Waals surface area contributed by atoms with Crippen LogP contribution < -0.4 is 10.5 Å². The normalized spacial score (nSPS) is 14.7. The fourth-order valence-electron chi connectivity index (χ4n) is 2.34. The minimum atomic E-state index is 0.266. The zero-order valence-corrected chi connectivity index (χ0v) is 11.8. The second kappa shape index (κ2) is 6.06. The van der Waals surface area contributed by atoms with E-state index in [-0.39, 0.29) is 5.84 Å². The van der Waals surface area contributed by atoms with E-state index in [0.717, 1.165) is 18.8 Å². The van der Waals surface area contributed by atoms with E-state index in [9.17, 15) is 0 Å². The molecule has 0 unspecified atom stereocenters. The average molecular weight is 261 g/mol. The maximum atomic E-state index is 7.37. The van der Waals surface area contributed by atoms with Crippen LogP contribution in [-0.4, -0.2) is 30.4 Å². The van der Waals surface area contributed by atoms with Gasteiger partial charge in [0.05, 0.1) is 12.9 Å². The van der Waals surface area contributed by atoms with E-state index >= 15 is 0 Å². The quantitative estimate of drug-likeness (QED) is 0.585. The van der Waals surface area contributed by atoms with Gasteiger partial charge in [-0.05, 0) is 25.8 Å². The molecular weight excluding hydrogens is 238 g/mol. The van der Waals surface area contributed by atoms with Gasteiger partial charge in [0.2, 0.25) is 0 Å². The van der Waals surface area contributed by atoms with Gasteiger partial charge in [-0.25, -0.2) is 0 Å². The van der Waals surface area contributed by atoms with E-state index in [1.165, 1.54) is 24.0 Å². The number of hydrogen-bond donors (Lipinski definition) is 2. The Morgan fingerprint density at radius 1 is 1.47 bits per heavy atom. The molecule has 104 valence electrons. The first-order chi connectivity index (χ1) is 9.10. The van der Waals surface area contributed by atoms with Gasteiger partial charge in [0.15, 0.2) is 0 Å². The Kier molecular flexibility index (Phi) is 4.43. The topological polar surface area (TPSA) is 62.3 Å². The van der Waals surface area contributed by atoms with Crippen LogP contribution in [0.4, 0.5) is 0 Å². The van der Waals surface area contributed by atoms with E-state index in [1.807, 2.05) is 6.07 Å². The zero-order valence-electron chi connectivity index (χ0n) is 11.8. The highest BCUT2D eigenvalue weighted by Gasteiger charge is 2.29. The van der Waals surface area contributed by atoms with Crippen molar-refractivity contribution in [3.05, 3.63) is 29.3 Å². The van der Waals surface area contributed by atoms with Crippen molar-refractivity contribution in [3.63, 3.8) is 0 Å². The molecule has 1 aromatic carbocycles. The Morgan fingerprint density at radius 2 is 2.21 bits per heavy atom. The molecule has 1 aliphatic carbocycles. The SMILES string of the molecule is COc1ccc(C)cc1CN(CCC(=N)N)C1CC1. The summed E-state index contributed by atoms with van der Waals surface area (Å²) in [7, 11) is 1.71. The second-order valence-corrected chi connectivity index (χ2v) is 5.29. The molecule has 0 aromatic heterocycles. The molecule has 0 heterocycles. The largest absolute Gasteiger partial charge is 0.496 e. The van der Waals surface area contributed by atoms with Crippen molar-refractivity contribution >= 4 is 5.84 Å². The van der Waals surface area contributed by atoms with Crippen LogP contribution in [0, 0.1) is 12.3 Å². The Hall–Kier alpha value is -1.55. The number of nitrogens with one attached hydrogen (secondary N) is 1. The molecule has 0 bridgehead atoms. The highest BCUT2D eigenvalue weighted by Crippen LogP contribution is 2.30. The van der Waals surface area contributed by atoms with Gasteiger partial charge in [-0.3, -0.25) is 10.3 Å². The van der Waals surface area contributed by atoms with Crippen molar-refractivity contribution in [1.29, 1.82) is 5.41 Å². The molecule has 0 aliphatic heterocycles. The Labute approximate surface area is 115 Å². The molecule has 0 saturated heterocycles. The number of aryl methyl sites for hydroxylation is 1. The molecule has 2 rings (SSSR count). The van der Waals surface area contributed by atoms with E-state index in [0.29, 0.717) is 12.5 Å². The van der Waals surface area contributed by atoms with Crippen molar-refractivity contribution in [2.45, 2.75) is 38.8 Å². The Bertz CT molecular complexity index is 455. The summed E-state index contributed by atoms with van der Waals surface area (Å²) in [5, 5.41) is 7.37. The third-order valence-corrected chi connectivity index (χ3v) is 3.54. The number of nitrogens with zero attached hydrogens (tertiary/aromatic N) is 1. The van der Waals surface area contributed by atoms with Gasteiger partial charge in [0, 0.05) is 31.1 Å². The van der Waals surface area contributed by atoms with E-state index in [1.54, 1.807) is 7.11 Å². The smallest absolute Gasteiger partial charge is 0.123 e. The predicted molar refractivity (Wildman–Crippen MR) is 77.7 cm³/mol. The molecular formula is C15H23N3O. The molecule has 19 heavy (non-hydrogen) atoms. The second-order valence-electron chi connectivity index (χ2n) is 5.29. The van der Waals surface area contributed by atoms with Gasteiger partial charge in [0.1, 0.15) is 5.75 Å². The first-order valence-corrected chi connectivity index (χ1v) is 6.80. The Balaban J connectivity index is 2.07. The van der Waals surface area contributed by atoms with Gasteiger partial charge < -0.3 is 10.5 Å². The number of methoxy groups -OCH3 is 1. The number of nitrogens with two attached hydrogens (primary N) is 1. The van der Waals surface area contributed by atoms with Gasteiger partial charge >= 0.3 is 0 Å². The van der Waals surface area contributed by atoms with Gasteiger partial charge in [-0.15, -0.1) is 0 Å². The lowest BCUT2D eigenvalue weighted by atomic mass is 10.1. The van der Waals surface area contributed by atoms with Crippen molar-refractivity contribution < 1.29 is 4.74 Å². The summed E-state index contributed by atoms with van der Waals surface area (Å²) in [6.45, 7) is 3.83. The van der Waals surface area contributed by atoms with Crippen LogP contribution in [0.5, 0.6) is 5.75 Å². The predicted octanol–water partition coefficient (Wildman–Crippen LogP) is 2.29. The number of benzene rings is 1. The fourth-order valence-corrected chi connectivity index (χ4v) is 2.34. The third kappa shape index (κ3) is 3.96. The number of amidine groups is 1. The number of rotatable bonds is 7. The van der Waals surface area contributed by atoms with Crippen LogP contribution >= 0.6 is 0 Å². The Morgan fingerprint density at radius 3 is 2.79 bits per heavy atom. The van der Waals surface area contributed by atoms with E-state index in [2.05, 4.69) is 24.0 Å². The first kappa shape index (κ1) is 13.9. The third-order valence-electron chi connectivity index (χ3n) is 3.54. The lowest BCUT2D eigenvalue weighted by molar-refractivity contribution is 0.257. The average Bonchev–Trinajstić information content (AvgIpc) is 3.18. The van der Waals surface area contributed by atoms with Crippen LogP contribution in [0.25, 0.3) is 0 Å². The van der Waals surface area contributed by atoms with E-state index < -0.39 is 0 Å². The number of ether oxygens (including phenoxy) is 1. The summed E-state index contributed by atoms with van der Waals surface area (Å²) >= 11 is 0. The molecule has 1 saturated carbocycles. The lowest BCUT2D eigenvalue weighted by Crippen LogP contribution is -2.29. The minimum absolute atomic E-state index is 0.266. The van der Waals surface area contributed by atoms with Crippen LogP contribution in [0.3, 0.4) is 0 Å². The summed E-state index contributed by atoms with van der Waals surface area (Å²) in [4.78, 5) is 2.42. The van der Waals surface area contributed by atoms with E-state index in [4.69, 9.17) is 15.9 Å². The monoisotopic (exact) mass is 261 g/mol. The molecule has 1 aromatic rings. The molecule has 0 amide bonds. The summed E-state index contributed by atoms with van der Waals surface area (Å²) in [6, 6.07) is 6.94. The fraction of sp³-hybridized carbons (Fsp3) is 0.533. The summed E-state index contributed by atoms with van der Waals surface area (Å²) < 4.78 is 5.43. The summed E-state index contributed by atoms with van der Waals surface area (Å²) in [5.74, 6) is 1.21. The van der Waals surface area contributed by atoms with Crippen molar-refractivity contribution in [2.24, 2.45) is 5.73 Å². The van der Waals surface area contributed by atoms with Gasteiger partial charge in [0.25, 0.3) is 0 Å². The molecule has 1 aliphatic rings. The maximum Gasteiger partial charge on any atom is 0.123 e. The minimum Gasteiger partial charge on any atom is -0.496 e. The molecule has 0 radical (unpaired) electrons. The van der Waals surface area contributed by atoms with Crippen LogP contribution in [0.2, 0.25) is 0 Å². The number of hydrogen-bond acceptors (Lipinski definition) is 3. The van der Waals surface area contributed by atoms with Crippen molar-refractivity contribution in [2.75, 3.05) is 13.7 Å². The molecule has 0 atom stereocenters. The highest BCUT2D eigenvalue weighted by atomic mass is 16.5. The van der Waals surface area contributed by atoms with Crippen LogP contribution in [-0.2, 0) is 6.54 Å².